The maximum Gasteiger partial charge on any atom is 0.405 e. The first-order chi connectivity index (χ1) is 12.8. The van der Waals surface area contributed by atoms with Crippen LogP contribution in [0.3, 0.4) is 0 Å². The second-order valence-corrected chi connectivity index (χ2v) is 9.45. The molecule has 2 rings (SSSR count). The highest BCUT2D eigenvalue weighted by atomic mass is 35.5. The van der Waals surface area contributed by atoms with Gasteiger partial charge in [-0.05, 0) is 50.1 Å². The molecule has 10 heteroatoms. The number of hydrogen-bond donors (Lipinski definition) is 1. The first-order valence-electron chi connectivity index (χ1n) is 8.06. The van der Waals surface area contributed by atoms with Crippen LogP contribution < -0.4 is 4.72 Å². The van der Waals surface area contributed by atoms with E-state index in [4.69, 9.17) is 11.6 Å². The highest BCUT2D eigenvalue weighted by molar-refractivity contribution is 7.99. The van der Waals surface area contributed by atoms with Gasteiger partial charge in [0.25, 0.3) is 0 Å². The zero-order chi connectivity index (χ0) is 21.3. The molecule has 28 heavy (non-hydrogen) atoms. The molecule has 0 bridgehead atoms. The minimum atomic E-state index is -4.82. The standard InChI is InChI=1S/C18H18ClF4NO2S2/c1-10-6-11(2)17(12(3)7-10)28(25,26)24-16(18(21,22)23)9-27-15-5-4-13(20)8-14(15)19/h4-8,16,24H,9H2,1-3H3. The van der Waals surface area contributed by atoms with Crippen LogP contribution in [0.25, 0.3) is 0 Å². The lowest BCUT2D eigenvalue weighted by atomic mass is 10.1. The van der Waals surface area contributed by atoms with Gasteiger partial charge in [-0.25, -0.2) is 12.8 Å². The molecule has 1 unspecified atom stereocenters. The van der Waals surface area contributed by atoms with E-state index in [9.17, 15) is 26.0 Å². The van der Waals surface area contributed by atoms with Gasteiger partial charge in [-0.3, -0.25) is 0 Å². The molecular weight excluding hydrogens is 438 g/mol. The van der Waals surface area contributed by atoms with E-state index in [1.165, 1.54) is 19.9 Å². The summed E-state index contributed by atoms with van der Waals surface area (Å²) < 4.78 is 80.6. The fourth-order valence-corrected chi connectivity index (χ4v) is 5.89. The monoisotopic (exact) mass is 455 g/mol. The number of thioether (sulfide) groups is 1. The third-order valence-electron chi connectivity index (χ3n) is 3.87. The van der Waals surface area contributed by atoms with Crippen molar-refractivity contribution >= 4 is 33.4 Å². The lowest BCUT2D eigenvalue weighted by Gasteiger charge is -2.23. The van der Waals surface area contributed by atoms with Crippen LogP contribution in [0.2, 0.25) is 5.02 Å². The summed E-state index contributed by atoms with van der Waals surface area (Å²) in [5, 5.41) is -0.0426. The number of aryl methyl sites for hydroxylation is 3. The average molecular weight is 456 g/mol. The Morgan fingerprint density at radius 1 is 1.11 bits per heavy atom. The number of hydrogen-bond acceptors (Lipinski definition) is 3. The Morgan fingerprint density at radius 2 is 1.68 bits per heavy atom. The van der Waals surface area contributed by atoms with Crippen LogP contribution in [0.15, 0.2) is 40.1 Å². The van der Waals surface area contributed by atoms with Crippen molar-refractivity contribution in [2.24, 2.45) is 0 Å². The van der Waals surface area contributed by atoms with E-state index in [2.05, 4.69) is 0 Å². The van der Waals surface area contributed by atoms with Crippen molar-refractivity contribution in [3.05, 3.63) is 57.9 Å². The van der Waals surface area contributed by atoms with Crippen LogP contribution in [0, 0.1) is 26.6 Å². The predicted molar refractivity (Wildman–Crippen MR) is 103 cm³/mol. The van der Waals surface area contributed by atoms with E-state index in [0.29, 0.717) is 22.9 Å². The zero-order valence-electron chi connectivity index (χ0n) is 15.2. The molecule has 2 aromatic rings. The number of halogens is 5. The molecule has 0 aromatic heterocycles. The largest absolute Gasteiger partial charge is 0.405 e. The second-order valence-electron chi connectivity index (χ2n) is 6.33. The minimum Gasteiger partial charge on any atom is -0.207 e. The lowest BCUT2D eigenvalue weighted by Crippen LogP contribution is -2.47. The molecule has 1 N–H and O–H groups in total. The predicted octanol–water partition coefficient (Wildman–Crippen LogP) is 5.41. The molecule has 0 saturated carbocycles. The Morgan fingerprint density at radius 3 is 2.18 bits per heavy atom. The van der Waals surface area contributed by atoms with Crippen LogP contribution in [-0.2, 0) is 10.0 Å². The number of sulfonamides is 1. The van der Waals surface area contributed by atoms with Crippen molar-refractivity contribution in [3.63, 3.8) is 0 Å². The van der Waals surface area contributed by atoms with E-state index < -0.39 is 33.8 Å². The molecule has 0 radical (unpaired) electrons. The molecule has 154 valence electrons. The molecule has 1 atom stereocenters. The lowest BCUT2D eigenvalue weighted by molar-refractivity contribution is -0.145. The van der Waals surface area contributed by atoms with E-state index in [0.717, 1.165) is 17.7 Å². The summed E-state index contributed by atoms with van der Waals surface area (Å²) in [5.41, 5.74) is 1.53. The van der Waals surface area contributed by atoms with Crippen molar-refractivity contribution in [3.8, 4) is 0 Å². The van der Waals surface area contributed by atoms with Gasteiger partial charge in [0.1, 0.15) is 11.9 Å². The van der Waals surface area contributed by atoms with Gasteiger partial charge < -0.3 is 0 Å². The van der Waals surface area contributed by atoms with Crippen LogP contribution in [0.4, 0.5) is 17.6 Å². The van der Waals surface area contributed by atoms with Gasteiger partial charge in [0.2, 0.25) is 10.0 Å². The first kappa shape index (κ1) is 23.0. The first-order valence-corrected chi connectivity index (χ1v) is 10.9. The number of nitrogens with one attached hydrogen (secondary N) is 1. The van der Waals surface area contributed by atoms with Crippen LogP contribution in [0.1, 0.15) is 16.7 Å². The SMILES string of the molecule is Cc1cc(C)c(S(=O)(=O)NC(CSc2ccc(F)cc2Cl)C(F)(F)F)c(C)c1. The minimum absolute atomic E-state index is 0.0426. The fourth-order valence-electron chi connectivity index (χ4n) is 2.80. The fraction of sp³-hybridized carbons (Fsp3) is 0.333. The average Bonchev–Trinajstić information content (AvgIpc) is 2.50. The Bertz CT molecular complexity index is 955. The van der Waals surface area contributed by atoms with E-state index in [1.807, 2.05) is 0 Å². The maximum absolute atomic E-state index is 13.5. The molecule has 0 aliphatic rings. The molecular formula is C18H18ClF4NO2S2. The molecule has 0 amide bonds. The van der Waals surface area contributed by atoms with Crippen molar-refractivity contribution in [2.75, 3.05) is 5.75 Å². The Hall–Kier alpha value is -1.29. The molecule has 0 saturated heterocycles. The van der Waals surface area contributed by atoms with Gasteiger partial charge in [0.05, 0.1) is 9.92 Å². The Labute approximate surface area is 170 Å². The molecule has 2 aromatic carbocycles. The molecule has 0 spiro atoms. The Balaban J connectivity index is 2.29. The summed E-state index contributed by atoms with van der Waals surface area (Å²) in [7, 11) is -4.42. The van der Waals surface area contributed by atoms with Crippen molar-refractivity contribution in [1.29, 1.82) is 0 Å². The summed E-state index contributed by atoms with van der Waals surface area (Å²) in [5.74, 6) is -1.27. The van der Waals surface area contributed by atoms with Gasteiger partial charge in [-0.2, -0.15) is 17.9 Å². The summed E-state index contributed by atoms with van der Waals surface area (Å²) >= 11 is 6.52. The summed E-state index contributed by atoms with van der Waals surface area (Å²) in [4.78, 5) is 0.0522. The number of rotatable bonds is 6. The number of alkyl halides is 3. The molecule has 0 fully saturated rings. The summed E-state index contributed by atoms with van der Waals surface area (Å²) in [6.07, 6.45) is -4.82. The van der Waals surface area contributed by atoms with E-state index >= 15 is 0 Å². The van der Waals surface area contributed by atoms with Gasteiger partial charge >= 0.3 is 6.18 Å². The van der Waals surface area contributed by atoms with Gasteiger partial charge in [-0.15, -0.1) is 11.8 Å². The van der Waals surface area contributed by atoms with Crippen molar-refractivity contribution in [2.45, 2.75) is 42.8 Å². The quantitative estimate of drug-likeness (QED) is 0.468. The highest BCUT2D eigenvalue weighted by Gasteiger charge is 2.42. The molecule has 0 heterocycles. The second kappa shape index (κ2) is 8.61. The topological polar surface area (TPSA) is 46.2 Å². The zero-order valence-corrected chi connectivity index (χ0v) is 17.6. The van der Waals surface area contributed by atoms with Crippen molar-refractivity contribution < 1.29 is 26.0 Å². The number of benzene rings is 2. The van der Waals surface area contributed by atoms with Gasteiger partial charge in [0.15, 0.2) is 0 Å². The molecule has 0 aliphatic heterocycles. The van der Waals surface area contributed by atoms with E-state index in [1.54, 1.807) is 23.8 Å². The smallest absolute Gasteiger partial charge is 0.207 e. The summed E-state index contributed by atoms with van der Waals surface area (Å²) in [6, 6.07) is 4.14. The van der Waals surface area contributed by atoms with Gasteiger partial charge in [0, 0.05) is 10.6 Å². The highest BCUT2D eigenvalue weighted by Crippen LogP contribution is 2.32. The van der Waals surface area contributed by atoms with Crippen LogP contribution in [-0.4, -0.2) is 26.4 Å². The maximum atomic E-state index is 13.5. The van der Waals surface area contributed by atoms with Crippen molar-refractivity contribution in [1.82, 2.24) is 4.72 Å². The third-order valence-corrected chi connectivity index (χ3v) is 7.23. The third kappa shape index (κ3) is 5.62. The molecule has 0 aliphatic carbocycles. The summed E-state index contributed by atoms with van der Waals surface area (Å²) in [6.45, 7) is 4.83. The van der Waals surface area contributed by atoms with Crippen LogP contribution >= 0.6 is 23.4 Å². The molecule has 3 nitrogen and oxygen atoms in total. The van der Waals surface area contributed by atoms with Gasteiger partial charge in [-0.1, -0.05) is 29.3 Å². The normalized spacial score (nSPS) is 13.6. The van der Waals surface area contributed by atoms with E-state index in [-0.39, 0.29) is 14.8 Å². The van der Waals surface area contributed by atoms with Crippen LogP contribution in [0.5, 0.6) is 0 Å². The Kier molecular flexibility index (Phi) is 7.07.